The van der Waals surface area contributed by atoms with Crippen molar-refractivity contribution >= 4 is 63.2 Å². The minimum atomic E-state index is -0.674. The second-order valence-corrected chi connectivity index (χ2v) is 9.38. The molecule has 1 N–H and O–H groups in total. The fraction of sp³-hybridized carbons (Fsp3) is 0.190. The smallest absolute Gasteiger partial charge is 0.294 e. The molecule has 1 saturated heterocycles. The van der Waals surface area contributed by atoms with Crippen LogP contribution in [0.15, 0.2) is 41.3 Å². The molecule has 11 heteroatoms. The van der Waals surface area contributed by atoms with Gasteiger partial charge in [-0.3, -0.25) is 29.4 Å². The van der Waals surface area contributed by atoms with Crippen LogP contribution in [0.5, 0.6) is 5.75 Å². The zero-order valence-corrected chi connectivity index (χ0v) is 19.5. The van der Waals surface area contributed by atoms with Crippen molar-refractivity contribution in [2.45, 2.75) is 13.0 Å². The van der Waals surface area contributed by atoms with Crippen molar-refractivity contribution in [3.05, 3.63) is 71.7 Å². The Labute approximate surface area is 200 Å². The first-order valence-corrected chi connectivity index (χ1v) is 11.4. The molecule has 1 fully saturated rings. The molecule has 2 aromatic carbocycles. The molecule has 32 heavy (non-hydrogen) atoms. The Kier molecular flexibility index (Phi) is 6.20. The van der Waals surface area contributed by atoms with E-state index in [1.807, 2.05) is 24.3 Å². The van der Waals surface area contributed by atoms with Gasteiger partial charge in [0.25, 0.3) is 16.8 Å². The number of benzene rings is 2. The van der Waals surface area contributed by atoms with Crippen molar-refractivity contribution in [1.29, 1.82) is 0 Å². The highest BCUT2D eigenvalue weighted by Crippen LogP contribution is 2.36. The van der Waals surface area contributed by atoms with Crippen molar-refractivity contribution in [2.24, 2.45) is 0 Å². The van der Waals surface area contributed by atoms with Crippen LogP contribution in [0.2, 0.25) is 0 Å². The van der Waals surface area contributed by atoms with Crippen LogP contribution < -0.4 is 0 Å². The normalized spacial score (nSPS) is 17.1. The predicted octanol–water partition coefficient (Wildman–Crippen LogP) is 3.53. The number of fused-ring (bicyclic) bond motifs is 1. The van der Waals surface area contributed by atoms with E-state index in [0.29, 0.717) is 31.3 Å². The van der Waals surface area contributed by atoms with Gasteiger partial charge in [-0.05, 0) is 58.0 Å². The van der Waals surface area contributed by atoms with Gasteiger partial charge in [-0.25, -0.2) is 0 Å². The van der Waals surface area contributed by atoms with Gasteiger partial charge in [0.05, 0.1) is 13.4 Å². The highest BCUT2D eigenvalue weighted by molar-refractivity contribution is 14.1. The molecule has 0 atom stereocenters. The third kappa shape index (κ3) is 4.35. The van der Waals surface area contributed by atoms with Crippen molar-refractivity contribution < 1.29 is 24.4 Å². The number of halogens is 1. The van der Waals surface area contributed by atoms with Crippen molar-refractivity contribution in [1.82, 2.24) is 9.80 Å². The first-order chi connectivity index (χ1) is 15.2. The van der Waals surface area contributed by atoms with Gasteiger partial charge in [-0.1, -0.05) is 24.3 Å². The first-order valence-electron chi connectivity index (χ1n) is 9.51. The number of nitro benzene ring substituents is 1. The van der Waals surface area contributed by atoms with E-state index in [9.17, 15) is 29.6 Å². The molecule has 2 heterocycles. The molecular formula is C21H16IN3O6S. The van der Waals surface area contributed by atoms with Crippen LogP contribution >= 0.6 is 34.4 Å². The number of nitrogens with zero attached hydrogens (tertiary/aromatic N) is 3. The van der Waals surface area contributed by atoms with E-state index < -0.39 is 16.1 Å². The van der Waals surface area contributed by atoms with Crippen molar-refractivity contribution in [2.75, 3.05) is 13.1 Å². The standard InChI is InChI=1S/C21H16IN3O6S/c22-16-9-15(25(30)31)7-14(19(16)27)8-17-20(28)24(21(29)32-17)11-18(26)23-6-5-12-3-1-2-4-13(12)10-23/h1-4,7-9,27H,5-6,10-11H2/b17-8-. The molecule has 9 nitrogen and oxygen atoms in total. The number of aromatic hydroxyl groups is 1. The molecule has 0 saturated carbocycles. The van der Waals surface area contributed by atoms with E-state index in [4.69, 9.17) is 0 Å². The molecule has 0 aliphatic carbocycles. The summed E-state index contributed by atoms with van der Waals surface area (Å²) in [6.07, 6.45) is 1.94. The lowest BCUT2D eigenvalue weighted by Gasteiger charge is -2.29. The van der Waals surface area contributed by atoms with Crippen LogP contribution in [0, 0.1) is 13.7 Å². The van der Waals surface area contributed by atoms with E-state index in [0.717, 1.165) is 16.5 Å². The van der Waals surface area contributed by atoms with Gasteiger partial charge in [0.15, 0.2) is 0 Å². The molecule has 0 aromatic heterocycles. The number of carbonyl (C=O) groups is 3. The molecule has 2 aliphatic rings. The number of hydrogen-bond donors (Lipinski definition) is 1. The van der Waals surface area contributed by atoms with Crippen molar-refractivity contribution in [3.8, 4) is 5.75 Å². The Morgan fingerprint density at radius 3 is 2.69 bits per heavy atom. The molecule has 164 valence electrons. The summed E-state index contributed by atoms with van der Waals surface area (Å²) in [5.41, 5.74) is 2.01. The molecular weight excluding hydrogens is 549 g/mol. The van der Waals surface area contributed by atoms with Gasteiger partial charge < -0.3 is 10.0 Å². The lowest BCUT2D eigenvalue weighted by atomic mass is 10.00. The second kappa shape index (κ2) is 8.90. The van der Waals surface area contributed by atoms with E-state index in [1.165, 1.54) is 17.7 Å². The molecule has 0 unspecified atom stereocenters. The van der Waals surface area contributed by atoms with Gasteiger partial charge >= 0.3 is 0 Å². The van der Waals surface area contributed by atoms with Gasteiger partial charge in [0.1, 0.15) is 12.3 Å². The number of non-ortho nitro benzene ring substituents is 1. The number of rotatable bonds is 4. The van der Waals surface area contributed by atoms with Crippen LogP contribution in [0.4, 0.5) is 10.5 Å². The van der Waals surface area contributed by atoms with E-state index in [1.54, 1.807) is 27.5 Å². The Morgan fingerprint density at radius 1 is 1.25 bits per heavy atom. The lowest BCUT2D eigenvalue weighted by molar-refractivity contribution is -0.385. The zero-order valence-electron chi connectivity index (χ0n) is 16.5. The Hall–Kier alpha value is -2.93. The number of imide groups is 1. The summed E-state index contributed by atoms with van der Waals surface area (Å²) in [6, 6.07) is 10.1. The third-order valence-electron chi connectivity index (χ3n) is 5.23. The molecule has 0 radical (unpaired) electrons. The minimum absolute atomic E-state index is 0.0154. The Bertz CT molecular complexity index is 1200. The highest BCUT2D eigenvalue weighted by Gasteiger charge is 2.37. The molecule has 3 amide bonds. The first kappa shape index (κ1) is 22.3. The second-order valence-electron chi connectivity index (χ2n) is 7.22. The van der Waals surface area contributed by atoms with Crippen molar-refractivity contribution in [3.63, 3.8) is 0 Å². The maximum atomic E-state index is 12.8. The molecule has 2 aliphatic heterocycles. The maximum absolute atomic E-state index is 12.8. The lowest BCUT2D eigenvalue weighted by Crippen LogP contribution is -2.44. The number of carbonyl (C=O) groups excluding carboxylic acids is 3. The summed E-state index contributed by atoms with van der Waals surface area (Å²) < 4.78 is 0.239. The molecule has 2 aromatic rings. The number of thioether (sulfide) groups is 1. The summed E-state index contributed by atoms with van der Waals surface area (Å²) in [7, 11) is 0. The predicted molar refractivity (Wildman–Crippen MR) is 126 cm³/mol. The highest BCUT2D eigenvalue weighted by atomic mass is 127. The fourth-order valence-electron chi connectivity index (χ4n) is 3.54. The topological polar surface area (TPSA) is 121 Å². The average molecular weight is 565 g/mol. The summed E-state index contributed by atoms with van der Waals surface area (Å²) in [5.74, 6) is -1.24. The number of nitro groups is 1. The Morgan fingerprint density at radius 2 is 1.97 bits per heavy atom. The Balaban J connectivity index is 1.51. The molecule has 0 bridgehead atoms. The molecule has 4 rings (SSSR count). The summed E-state index contributed by atoms with van der Waals surface area (Å²) >= 11 is 2.37. The number of hydrogen-bond acceptors (Lipinski definition) is 7. The largest absolute Gasteiger partial charge is 0.506 e. The summed E-state index contributed by atoms with van der Waals surface area (Å²) in [4.78, 5) is 50.9. The minimum Gasteiger partial charge on any atom is -0.506 e. The van der Waals surface area contributed by atoms with Crippen LogP contribution in [0.3, 0.4) is 0 Å². The SMILES string of the molecule is O=C(CN1C(=O)S/C(=C\c2cc([N+](=O)[O-])cc(I)c2O)C1=O)N1CCc2ccccc2C1. The number of phenolic OH excluding ortho intramolecular Hbond substituents is 1. The van der Waals surface area contributed by atoms with Crippen LogP contribution in [0.25, 0.3) is 6.08 Å². The van der Waals surface area contributed by atoms with Crippen LogP contribution in [0.1, 0.15) is 16.7 Å². The fourth-order valence-corrected chi connectivity index (χ4v) is 5.00. The number of phenols is 1. The molecule has 0 spiro atoms. The quantitative estimate of drug-likeness (QED) is 0.261. The van der Waals surface area contributed by atoms with Crippen LogP contribution in [-0.4, -0.2) is 50.0 Å². The van der Waals surface area contributed by atoms with Crippen LogP contribution in [-0.2, 0) is 22.6 Å². The van der Waals surface area contributed by atoms with Gasteiger partial charge in [0.2, 0.25) is 5.91 Å². The number of amides is 3. The zero-order chi connectivity index (χ0) is 23.0. The maximum Gasteiger partial charge on any atom is 0.294 e. The summed E-state index contributed by atoms with van der Waals surface area (Å²) in [5, 5.41) is 20.7. The van der Waals surface area contributed by atoms with E-state index in [2.05, 4.69) is 0 Å². The summed E-state index contributed by atoms with van der Waals surface area (Å²) in [6.45, 7) is 0.533. The van der Waals surface area contributed by atoms with E-state index >= 15 is 0 Å². The average Bonchev–Trinajstić information content (AvgIpc) is 3.03. The van der Waals surface area contributed by atoms with E-state index in [-0.39, 0.29) is 37.9 Å². The van der Waals surface area contributed by atoms with Gasteiger partial charge in [-0.15, -0.1) is 0 Å². The monoisotopic (exact) mass is 565 g/mol. The van der Waals surface area contributed by atoms with Gasteiger partial charge in [-0.2, -0.15) is 0 Å². The van der Waals surface area contributed by atoms with Gasteiger partial charge in [0, 0.05) is 30.8 Å². The third-order valence-corrected chi connectivity index (χ3v) is 6.96.